The number of rotatable bonds is 6. The molecule has 0 aliphatic carbocycles. The summed E-state index contributed by atoms with van der Waals surface area (Å²) in [6.45, 7) is 4.56. The second kappa shape index (κ2) is 6.88. The van der Waals surface area contributed by atoms with Crippen molar-refractivity contribution in [2.24, 2.45) is 0 Å². The molecule has 1 heterocycles. The molecule has 6 nitrogen and oxygen atoms in total. The van der Waals surface area contributed by atoms with Gasteiger partial charge in [0.2, 0.25) is 5.91 Å². The van der Waals surface area contributed by atoms with Crippen LogP contribution in [0.1, 0.15) is 26.7 Å². The van der Waals surface area contributed by atoms with Crippen LogP contribution < -0.4 is 16.4 Å². The third kappa shape index (κ3) is 4.05. The summed E-state index contributed by atoms with van der Waals surface area (Å²) in [7, 11) is 0. The Labute approximate surface area is 124 Å². The lowest BCUT2D eigenvalue weighted by Crippen LogP contribution is -2.33. The molecule has 1 amide bonds. The number of hydrogen-bond donors (Lipinski definition) is 3. The van der Waals surface area contributed by atoms with E-state index < -0.39 is 0 Å². The Kier molecular flexibility index (Phi) is 4.92. The highest BCUT2D eigenvalue weighted by Crippen LogP contribution is 2.20. The van der Waals surface area contributed by atoms with Crippen molar-refractivity contribution in [2.75, 3.05) is 17.6 Å². The van der Waals surface area contributed by atoms with Crippen LogP contribution in [0.3, 0.4) is 0 Å². The Bertz CT molecular complexity index is 628. The fourth-order valence-electron chi connectivity index (χ4n) is 1.96. The molecule has 0 saturated heterocycles. The predicted octanol–water partition coefficient (Wildman–Crippen LogP) is 1.93. The standard InChI is InChI=1S/C15H21N5O/c1-3-10(2)20-14(21)6-7-17-15-12-5-4-11(16)8-13(12)18-9-19-15/h4-5,8-10H,3,6-7,16H2,1-2H3,(H,20,21)(H,17,18,19). The molecule has 0 aliphatic heterocycles. The molecule has 0 radical (unpaired) electrons. The first-order valence-electron chi connectivity index (χ1n) is 7.13. The Balaban J connectivity index is 1.96. The summed E-state index contributed by atoms with van der Waals surface area (Å²) in [5.41, 5.74) is 7.19. The molecule has 1 aromatic heterocycles. The maximum Gasteiger partial charge on any atom is 0.221 e. The molecule has 1 aromatic carbocycles. The Hall–Kier alpha value is -2.37. The van der Waals surface area contributed by atoms with Crippen LogP contribution in [0, 0.1) is 0 Å². The van der Waals surface area contributed by atoms with Gasteiger partial charge in [-0.3, -0.25) is 4.79 Å². The molecule has 0 spiro atoms. The highest BCUT2D eigenvalue weighted by molar-refractivity contribution is 5.90. The van der Waals surface area contributed by atoms with Gasteiger partial charge in [0.15, 0.2) is 0 Å². The predicted molar refractivity (Wildman–Crippen MR) is 85.0 cm³/mol. The van der Waals surface area contributed by atoms with E-state index in [1.54, 1.807) is 6.07 Å². The number of hydrogen-bond acceptors (Lipinski definition) is 5. The second-order valence-corrected chi connectivity index (χ2v) is 5.05. The van der Waals surface area contributed by atoms with Crippen molar-refractivity contribution in [1.29, 1.82) is 0 Å². The molecule has 0 saturated carbocycles. The summed E-state index contributed by atoms with van der Waals surface area (Å²) in [5.74, 6) is 0.760. The molecular formula is C15H21N5O. The van der Waals surface area contributed by atoms with Gasteiger partial charge in [0, 0.05) is 30.1 Å². The largest absolute Gasteiger partial charge is 0.399 e. The number of aromatic nitrogens is 2. The van der Waals surface area contributed by atoms with Gasteiger partial charge in [-0.05, 0) is 31.5 Å². The minimum Gasteiger partial charge on any atom is -0.399 e. The van der Waals surface area contributed by atoms with Crippen molar-refractivity contribution in [3.63, 3.8) is 0 Å². The van der Waals surface area contributed by atoms with Crippen molar-refractivity contribution in [2.45, 2.75) is 32.7 Å². The van der Waals surface area contributed by atoms with E-state index in [4.69, 9.17) is 5.73 Å². The van der Waals surface area contributed by atoms with E-state index in [0.717, 1.165) is 23.1 Å². The molecule has 112 valence electrons. The van der Waals surface area contributed by atoms with Crippen LogP contribution in [0.2, 0.25) is 0 Å². The summed E-state index contributed by atoms with van der Waals surface area (Å²) in [5, 5.41) is 7.01. The van der Waals surface area contributed by atoms with Crippen molar-refractivity contribution < 1.29 is 4.79 Å². The zero-order valence-electron chi connectivity index (χ0n) is 12.4. The van der Waals surface area contributed by atoms with E-state index in [9.17, 15) is 4.79 Å². The Morgan fingerprint density at radius 2 is 2.19 bits per heavy atom. The van der Waals surface area contributed by atoms with E-state index in [1.807, 2.05) is 26.0 Å². The molecule has 4 N–H and O–H groups in total. The number of carbonyl (C=O) groups is 1. The summed E-state index contributed by atoms with van der Waals surface area (Å²) < 4.78 is 0. The molecule has 2 aromatic rings. The third-order valence-electron chi connectivity index (χ3n) is 3.32. The smallest absolute Gasteiger partial charge is 0.221 e. The van der Waals surface area contributed by atoms with Gasteiger partial charge in [-0.25, -0.2) is 9.97 Å². The number of carbonyl (C=O) groups excluding carboxylic acids is 1. The van der Waals surface area contributed by atoms with Gasteiger partial charge in [-0.15, -0.1) is 0 Å². The number of nitrogen functional groups attached to an aromatic ring is 1. The van der Waals surface area contributed by atoms with E-state index >= 15 is 0 Å². The molecule has 6 heteroatoms. The number of amides is 1. The molecule has 0 fully saturated rings. The van der Waals surface area contributed by atoms with Crippen LogP contribution >= 0.6 is 0 Å². The van der Waals surface area contributed by atoms with E-state index in [2.05, 4.69) is 20.6 Å². The van der Waals surface area contributed by atoms with E-state index in [1.165, 1.54) is 6.33 Å². The normalized spacial score (nSPS) is 12.1. The first kappa shape index (κ1) is 15.0. The monoisotopic (exact) mass is 287 g/mol. The quantitative estimate of drug-likeness (QED) is 0.706. The number of nitrogens with two attached hydrogens (primary N) is 1. The number of nitrogens with one attached hydrogen (secondary N) is 2. The van der Waals surface area contributed by atoms with Gasteiger partial charge in [0.25, 0.3) is 0 Å². The first-order valence-corrected chi connectivity index (χ1v) is 7.13. The van der Waals surface area contributed by atoms with Crippen molar-refractivity contribution in [1.82, 2.24) is 15.3 Å². The van der Waals surface area contributed by atoms with Crippen molar-refractivity contribution in [3.05, 3.63) is 24.5 Å². The molecule has 1 atom stereocenters. The minimum atomic E-state index is 0.0412. The number of fused-ring (bicyclic) bond motifs is 1. The van der Waals surface area contributed by atoms with Gasteiger partial charge < -0.3 is 16.4 Å². The van der Waals surface area contributed by atoms with Crippen LogP contribution in [-0.2, 0) is 4.79 Å². The molecular weight excluding hydrogens is 266 g/mol. The average Bonchev–Trinajstić information content (AvgIpc) is 2.46. The van der Waals surface area contributed by atoms with Crippen LogP contribution in [0.5, 0.6) is 0 Å². The molecule has 21 heavy (non-hydrogen) atoms. The second-order valence-electron chi connectivity index (χ2n) is 5.05. The van der Waals surface area contributed by atoms with Crippen LogP contribution in [0.25, 0.3) is 10.9 Å². The summed E-state index contributed by atoms with van der Waals surface area (Å²) in [4.78, 5) is 20.1. The van der Waals surface area contributed by atoms with Gasteiger partial charge in [-0.2, -0.15) is 0 Å². The van der Waals surface area contributed by atoms with Crippen molar-refractivity contribution >= 4 is 28.3 Å². The molecule has 2 rings (SSSR count). The Morgan fingerprint density at radius 3 is 2.95 bits per heavy atom. The van der Waals surface area contributed by atoms with Crippen LogP contribution in [-0.4, -0.2) is 28.5 Å². The van der Waals surface area contributed by atoms with Gasteiger partial charge in [0.1, 0.15) is 12.1 Å². The summed E-state index contributed by atoms with van der Waals surface area (Å²) >= 11 is 0. The highest BCUT2D eigenvalue weighted by Gasteiger charge is 2.07. The zero-order chi connectivity index (χ0) is 15.2. The molecule has 0 bridgehead atoms. The fourth-order valence-corrected chi connectivity index (χ4v) is 1.96. The van der Waals surface area contributed by atoms with Gasteiger partial charge >= 0.3 is 0 Å². The average molecular weight is 287 g/mol. The number of nitrogens with zero attached hydrogens (tertiary/aromatic N) is 2. The summed E-state index contributed by atoms with van der Waals surface area (Å²) in [6.07, 6.45) is 2.82. The first-order chi connectivity index (χ1) is 10.1. The number of anilines is 2. The number of benzene rings is 1. The minimum absolute atomic E-state index is 0.0412. The SMILES string of the molecule is CCC(C)NC(=O)CCNc1ncnc2cc(N)ccc12. The van der Waals surface area contributed by atoms with Crippen LogP contribution in [0.15, 0.2) is 24.5 Å². The maximum absolute atomic E-state index is 11.7. The lowest BCUT2D eigenvalue weighted by atomic mass is 10.2. The summed E-state index contributed by atoms with van der Waals surface area (Å²) in [6, 6.07) is 5.71. The molecule has 0 aliphatic rings. The van der Waals surface area contributed by atoms with Gasteiger partial charge in [0.05, 0.1) is 5.52 Å². The molecule has 1 unspecified atom stereocenters. The zero-order valence-corrected chi connectivity index (χ0v) is 12.4. The van der Waals surface area contributed by atoms with E-state index in [-0.39, 0.29) is 11.9 Å². The van der Waals surface area contributed by atoms with Gasteiger partial charge in [-0.1, -0.05) is 6.92 Å². The van der Waals surface area contributed by atoms with Crippen molar-refractivity contribution in [3.8, 4) is 0 Å². The maximum atomic E-state index is 11.7. The van der Waals surface area contributed by atoms with Crippen LogP contribution in [0.4, 0.5) is 11.5 Å². The lowest BCUT2D eigenvalue weighted by molar-refractivity contribution is -0.121. The fraction of sp³-hybridized carbons (Fsp3) is 0.400. The third-order valence-corrected chi connectivity index (χ3v) is 3.32. The topological polar surface area (TPSA) is 92.9 Å². The van der Waals surface area contributed by atoms with E-state index in [0.29, 0.717) is 18.7 Å². The Morgan fingerprint density at radius 1 is 1.38 bits per heavy atom. The highest BCUT2D eigenvalue weighted by atomic mass is 16.1. The lowest BCUT2D eigenvalue weighted by Gasteiger charge is -2.12.